The number of carbonyl (C=O) groups is 2. The van der Waals surface area contributed by atoms with Gasteiger partial charge in [-0.15, -0.1) is 11.3 Å². The Labute approximate surface area is 269 Å². The average Bonchev–Trinajstić information content (AvgIpc) is 3.59. The molecule has 0 bridgehead atoms. The molecule has 0 saturated carbocycles. The van der Waals surface area contributed by atoms with E-state index in [9.17, 15) is 23.1 Å². The van der Waals surface area contributed by atoms with Crippen LogP contribution < -0.4 is 10.1 Å². The number of ether oxygens (including phenoxy) is 2. The van der Waals surface area contributed by atoms with E-state index < -0.39 is 22.2 Å². The Kier molecular flexibility index (Phi) is 12.1. The third kappa shape index (κ3) is 8.88. The van der Waals surface area contributed by atoms with E-state index in [1.54, 1.807) is 59.7 Å². The molecule has 1 aliphatic heterocycles. The molecular formula is C32H42N4O7S2. The van der Waals surface area contributed by atoms with E-state index in [-0.39, 0.29) is 53.3 Å². The molecule has 2 amide bonds. The van der Waals surface area contributed by atoms with Gasteiger partial charge >= 0.3 is 0 Å². The Bertz CT molecular complexity index is 1520. The SMILES string of the molecule is C[C@H](CO)N1C[C@H](C)[C@H](CN(C)S(=O)(=O)c2cccs2)OCCCC[C@H](C)Oc2ccc(NC(=O)c3ccncc3)cc2C1=O. The van der Waals surface area contributed by atoms with Gasteiger partial charge in [0.2, 0.25) is 0 Å². The number of thiophene rings is 1. The molecule has 3 aromatic rings. The summed E-state index contributed by atoms with van der Waals surface area (Å²) >= 11 is 1.16. The normalized spacial score (nSPS) is 21.0. The highest BCUT2D eigenvalue weighted by Gasteiger charge is 2.32. The number of fused-ring (bicyclic) bond motifs is 1. The Morgan fingerprint density at radius 1 is 1.20 bits per heavy atom. The van der Waals surface area contributed by atoms with Crippen LogP contribution >= 0.6 is 11.3 Å². The maximum Gasteiger partial charge on any atom is 0.258 e. The van der Waals surface area contributed by atoms with Crippen LogP contribution in [0.4, 0.5) is 5.69 Å². The minimum Gasteiger partial charge on any atom is -0.490 e. The molecule has 3 heterocycles. The second kappa shape index (κ2) is 15.8. The van der Waals surface area contributed by atoms with Gasteiger partial charge in [-0.05, 0) is 74.9 Å². The van der Waals surface area contributed by atoms with Gasteiger partial charge in [0.25, 0.3) is 21.8 Å². The fourth-order valence-electron chi connectivity index (χ4n) is 5.08. The van der Waals surface area contributed by atoms with Crippen molar-refractivity contribution in [1.82, 2.24) is 14.2 Å². The third-order valence-electron chi connectivity index (χ3n) is 7.85. The number of nitrogens with zero attached hydrogens (tertiary/aromatic N) is 3. The van der Waals surface area contributed by atoms with Gasteiger partial charge < -0.3 is 24.8 Å². The lowest BCUT2D eigenvalue weighted by Crippen LogP contribution is -2.48. The van der Waals surface area contributed by atoms with E-state index in [1.807, 2.05) is 13.8 Å². The van der Waals surface area contributed by atoms with E-state index in [0.29, 0.717) is 30.0 Å². The standard InChI is InChI=1S/C32H42N4O7S2/c1-22-19-36(23(2)21-37)32(39)27-18-26(34-31(38)25-12-14-33-15-13-25)10-11-28(27)43-24(3)8-5-6-16-42-29(22)20-35(4)45(40,41)30-9-7-17-44-30/h7,9-15,17-18,22-24,29,37H,5-6,8,16,19-21H2,1-4H3,(H,34,38)/t22-,23+,24-,29-/m0/s1. The average molecular weight is 659 g/mol. The lowest BCUT2D eigenvalue weighted by molar-refractivity contribution is -0.00832. The van der Waals surface area contributed by atoms with Crippen LogP contribution in [-0.4, -0.2) is 91.1 Å². The number of rotatable bonds is 8. The minimum absolute atomic E-state index is 0.0955. The van der Waals surface area contributed by atoms with E-state index in [4.69, 9.17) is 9.47 Å². The molecule has 0 fully saturated rings. The highest BCUT2D eigenvalue weighted by molar-refractivity contribution is 7.91. The third-order valence-corrected chi connectivity index (χ3v) is 11.0. The van der Waals surface area contributed by atoms with E-state index in [1.165, 1.54) is 23.7 Å². The smallest absolute Gasteiger partial charge is 0.258 e. The zero-order chi connectivity index (χ0) is 32.6. The zero-order valence-corrected chi connectivity index (χ0v) is 27.7. The topological polar surface area (TPSA) is 138 Å². The number of sulfonamides is 1. The molecule has 4 rings (SSSR count). The van der Waals surface area contributed by atoms with Crippen LogP contribution in [0.2, 0.25) is 0 Å². The second-order valence-electron chi connectivity index (χ2n) is 11.4. The number of aliphatic hydroxyl groups is 1. The van der Waals surface area contributed by atoms with Gasteiger partial charge in [-0.1, -0.05) is 13.0 Å². The minimum atomic E-state index is -3.71. The predicted octanol–water partition coefficient (Wildman–Crippen LogP) is 4.51. The first-order valence-corrected chi connectivity index (χ1v) is 17.4. The van der Waals surface area contributed by atoms with E-state index in [2.05, 4.69) is 10.3 Å². The first kappa shape index (κ1) is 34.5. The maximum absolute atomic E-state index is 14.3. The quantitative estimate of drug-likeness (QED) is 0.361. The predicted molar refractivity (Wildman–Crippen MR) is 173 cm³/mol. The Morgan fingerprint density at radius 3 is 2.64 bits per heavy atom. The number of aromatic nitrogens is 1. The van der Waals surface area contributed by atoms with Crippen LogP contribution in [-0.2, 0) is 14.8 Å². The maximum atomic E-state index is 14.3. The van der Waals surface area contributed by atoms with Gasteiger partial charge in [-0.25, -0.2) is 8.42 Å². The number of benzene rings is 1. The highest BCUT2D eigenvalue weighted by Crippen LogP contribution is 2.29. The molecule has 2 N–H and O–H groups in total. The largest absolute Gasteiger partial charge is 0.490 e. The number of aliphatic hydroxyl groups excluding tert-OH is 1. The van der Waals surface area contributed by atoms with Gasteiger partial charge in [-0.2, -0.15) is 4.31 Å². The summed E-state index contributed by atoms with van der Waals surface area (Å²) in [5.41, 5.74) is 1.07. The van der Waals surface area contributed by atoms with Gasteiger partial charge in [0.15, 0.2) is 0 Å². The van der Waals surface area contributed by atoms with Gasteiger partial charge in [0.1, 0.15) is 9.96 Å². The van der Waals surface area contributed by atoms with Crippen LogP contribution in [0.5, 0.6) is 5.75 Å². The molecular weight excluding hydrogens is 617 g/mol. The molecule has 0 aliphatic carbocycles. The van der Waals surface area contributed by atoms with Gasteiger partial charge in [0.05, 0.1) is 30.4 Å². The van der Waals surface area contributed by atoms with Crippen molar-refractivity contribution in [2.45, 2.75) is 62.5 Å². The zero-order valence-electron chi connectivity index (χ0n) is 26.1. The van der Waals surface area contributed by atoms with E-state index in [0.717, 1.165) is 24.2 Å². The molecule has 45 heavy (non-hydrogen) atoms. The number of anilines is 1. The second-order valence-corrected chi connectivity index (χ2v) is 14.6. The number of pyridine rings is 1. The van der Waals surface area contributed by atoms with Gasteiger partial charge in [0, 0.05) is 56.3 Å². The Hall–Kier alpha value is -3.36. The number of hydrogen-bond acceptors (Lipinski definition) is 9. The molecule has 11 nitrogen and oxygen atoms in total. The van der Waals surface area contributed by atoms with Crippen molar-refractivity contribution in [3.8, 4) is 5.75 Å². The van der Waals surface area contributed by atoms with Crippen molar-refractivity contribution in [3.05, 3.63) is 71.4 Å². The summed E-state index contributed by atoms with van der Waals surface area (Å²) in [6.45, 7) is 6.01. The number of likely N-dealkylation sites (N-methyl/N-ethyl adjacent to an activating group) is 1. The molecule has 244 valence electrons. The monoisotopic (exact) mass is 658 g/mol. The van der Waals surface area contributed by atoms with Crippen molar-refractivity contribution in [3.63, 3.8) is 0 Å². The van der Waals surface area contributed by atoms with Crippen LogP contribution in [0.25, 0.3) is 0 Å². The molecule has 0 radical (unpaired) electrons. The molecule has 0 unspecified atom stereocenters. The van der Waals surface area contributed by atoms with E-state index >= 15 is 0 Å². The van der Waals surface area contributed by atoms with Crippen LogP contribution in [0.3, 0.4) is 0 Å². The van der Waals surface area contributed by atoms with Crippen LogP contribution in [0.15, 0.2) is 64.4 Å². The van der Waals surface area contributed by atoms with Crippen LogP contribution in [0.1, 0.15) is 60.7 Å². The molecule has 4 atom stereocenters. The van der Waals surface area contributed by atoms with Crippen LogP contribution in [0, 0.1) is 5.92 Å². The Morgan fingerprint density at radius 2 is 1.96 bits per heavy atom. The first-order chi connectivity index (χ1) is 21.5. The van der Waals surface area contributed by atoms with Crippen molar-refractivity contribution >= 4 is 38.9 Å². The summed E-state index contributed by atoms with van der Waals surface area (Å²) in [7, 11) is -2.18. The molecule has 1 aliphatic rings. The fraction of sp³-hybridized carbons (Fsp3) is 0.469. The summed E-state index contributed by atoms with van der Waals surface area (Å²) in [4.78, 5) is 32.7. The number of hydrogen-bond donors (Lipinski definition) is 2. The lowest BCUT2D eigenvalue weighted by Gasteiger charge is -2.35. The number of amides is 2. The molecule has 13 heteroatoms. The summed E-state index contributed by atoms with van der Waals surface area (Å²) in [6, 6.07) is 10.9. The number of carbonyl (C=O) groups excluding carboxylic acids is 2. The molecule has 1 aromatic carbocycles. The summed E-state index contributed by atoms with van der Waals surface area (Å²) in [5, 5.41) is 14.7. The highest BCUT2D eigenvalue weighted by atomic mass is 32.2. The summed E-state index contributed by atoms with van der Waals surface area (Å²) in [6.07, 6.45) is 4.59. The van der Waals surface area contributed by atoms with Crippen molar-refractivity contribution in [1.29, 1.82) is 0 Å². The number of nitrogens with one attached hydrogen (secondary N) is 1. The summed E-state index contributed by atoms with van der Waals surface area (Å²) in [5.74, 6) is -0.662. The van der Waals surface area contributed by atoms with Crippen molar-refractivity contribution in [2.24, 2.45) is 5.92 Å². The lowest BCUT2D eigenvalue weighted by atomic mass is 10.0. The molecule has 2 aromatic heterocycles. The van der Waals surface area contributed by atoms with Gasteiger partial charge in [-0.3, -0.25) is 14.6 Å². The Balaban J connectivity index is 1.65. The first-order valence-electron chi connectivity index (χ1n) is 15.1. The summed E-state index contributed by atoms with van der Waals surface area (Å²) < 4.78 is 40.5. The van der Waals surface area contributed by atoms with Crippen molar-refractivity contribution < 1.29 is 32.6 Å². The van der Waals surface area contributed by atoms with Crippen molar-refractivity contribution in [2.75, 3.05) is 38.7 Å². The fourth-order valence-corrected chi connectivity index (χ4v) is 7.47. The molecule has 0 spiro atoms. The molecule has 0 saturated heterocycles.